The van der Waals surface area contributed by atoms with Gasteiger partial charge in [0.25, 0.3) is 0 Å². The van der Waals surface area contributed by atoms with Crippen LogP contribution >= 0.6 is 0 Å². The van der Waals surface area contributed by atoms with Crippen LogP contribution in [-0.2, 0) is 11.3 Å². The molecule has 2 aromatic heterocycles. The predicted molar refractivity (Wildman–Crippen MR) is 111 cm³/mol. The van der Waals surface area contributed by atoms with Crippen molar-refractivity contribution >= 4 is 16.7 Å². The zero-order chi connectivity index (χ0) is 19.5. The van der Waals surface area contributed by atoms with Crippen molar-refractivity contribution in [2.75, 3.05) is 0 Å². The van der Waals surface area contributed by atoms with Crippen molar-refractivity contribution in [2.45, 2.75) is 32.9 Å². The fraction of sp³-hybridized carbons (Fsp3) is 0.217. The number of hydrogen-bond acceptors (Lipinski definition) is 2. The summed E-state index contributed by atoms with van der Waals surface area (Å²) in [5, 5.41) is 12.6. The maximum atomic E-state index is 12.8. The highest BCUT2D eigenvalue weighted by Gasteiger charge is 2.20. The number of carbonyl (C=O) groups is 1. The van der Waals surface area contributed by atoms with Crippen molar-refractivity contribution in [3.8, 4) is 0 Å². The van der Waals surface area contributed by atoms with Crippen molar-refractivity contribution in [1.29, 1.82) is 0 Å². The molecule has 0 aliphatic heterocycles. The van der Waals surface area contributed by atoms with Crippen LogP contribution in [0.3, 0.4) is 0 Å². The lowest BCUT2D eigenvalue weighted by atomic mass is 9.96. The number of nitrogens with zero attached hydrogens (tertiary/aromatic N) is 2. The van der Waals surface area contributed by atoms with Gasteiger partial charge in [-0.3, -0.25) is 9.89 Å². The van der Waals surface area contributed by atoms with Crippen LogP contribution < -0.4 is 5.32 Å². The summed E-state index contributed by atoms with van der Waals surface area (Å²) in [4.78, 5) is 12.8. The van der Waals surface area contributed by atoms with Gasteiger partial charge >= 0.3 is 0 Å². The number of aromatic amines is 1. The molecule has 0 saturated carbocycles. The van der Waals surface area contributed by atoms with Crippen LogP contribution in [0, 0.1) is 13.8 Å². The smallest absolute Gasteiger partial charge is 0.222 e. The Morgan fingerprint density at radius 2 is 1.82 bits per heavy atom. The average molecular weight is 372 g/mol. The Bertz CT molecular complexity index is 1070. The number of aryl methyl sites for hydroxylation is 2. The average Bonchev–Trinajstić information content (AvgIpc) is 3.35. The van der Waals surface area contributed by atoms with Gasteiger partial charge in [0, 0.05) is 30.2 Å². The van der Waals surface area contributed by atoms with Crippen molar-refractivity contribution in [3.63, 3.8) is 0 Å². The van der Waals surface area contributed by atoms with Gasteiger partial charge < -0.3 is 9.88 Å². The zero-order valence-electron chi connectivity index (χ0n) is 16.1. The largest absolute Gasteiger partial charge is 0.352 e. The Morgan fingerprint density at radius 3 is 2.57 bits per heavy atom. The Labute approximate surface area is 164 Å². The van der Waals surface area contributed by atoms with E-state index in [4.69, 9.17) is 0 Å². The number of nitrogens with one attached hydrogen (secondary N) is 2. The highest BCUT2D eigenvalue weighted by Crippen LogP contribution is 2.29. The van der Waals surface area contributed by atoms with Crippen LogP contribution in [0.5, 0.6) is 0 Å². The minimum absolute atomic E-state index is 0.0200. The molecule has 2 aromatic carbocycles. The van der Waals surface area contributed by atoms with Gasteiger partial charge in [-0.1, -0.05) is 42.5 Å². The summed E-state index contributed by atoms with van der Waals surface area (Å²) in [7, 11) is 0. The van der Waals surface area contributed by atoms with Crippen molar-refractivity contribution in [3.05, 3.63) is 89.5 Å². The van der Waals surface area contributed by atoms with Crippen molar-refractivity contribution in [2.24, 2.45) is 0 Å². The lowest BCUT2D eigenvalue weighted by Gasteiger charge is -2.21. The molecule has 2 heterocycles. The van der Waals surface area contributed by atoms with Gasteiger partial charge in [-0.15, -0.1) is 0 Å². The molecule has 0 aliphatic carbocycles. The molecule has 1 amide bonds. The van der Waals surface area contributed by atoms with E-state index in [1.54, 1.807) is 0 Å². The molecule has 0 radical (unpaired) electrons. The summed E-state index contributed by atoms with van der Waals surface area (Å²) >= 11 is 0. The van der Waals surface area contributed by atoms with Crippen LogP contribution in [0.2, 0.25) is 0 Å². The summed E-state index contributed by atoms with van der Waals surface area (Å²) in [5.41, 5.74) is 4.12. The third-order valence-corrected chi connectivity index (χ3v) is 5.29. The molecular formula is C23H24N4O. The number of benzene rings is 2. The molecule has 4 aromatic rings. The van der Waals surface area contributed by atoms with Crippen LogP contribution in [-0.4, -0.2) is 20.7 Å². The van der Waals surface area contributed by atoms with Gasteiger partial charge in [-0.05, 0) is 42.3 Å². The molecule has 0 aliphatic rings. The number of fused-ring (bicyclic) bond motifs is 1. The highest BCUT2D eigenvalue weighted by molar-refractivity contribution is 5.87. The van der Waals surface area contributed by atoms with Gasteiger partial charge in [-0.25, -0.2) is 0 Å². The van der Waals surface area contributed by atoms with E-state index in [2.05, 4.69) is 50.4 Å². The Kier molecular flexibility index (Phi) is 4.98. The number of amides is 1. The summed E-state index contributed by atoms with van der Waals surface area (Å²) < 4.78 is 2.11. The van der Waals surface area contributed by atoms with Crippen LogP contribution in [0.25, 0.3) is 10.8 Å². The first-order valence-electron chi connectivity index (χ1n) is 9.50. The second-order valence-corrected chi connectivity index (χ2v) is 7.11. The Hall–Kier alpha value is -3.34. The quantitative estimate of drug-likeness (QED) is 0.531. The molecule has 0 bridgehead atoms. The lowest BCUT2D eigenvalue weighted by Crippen LogP contribution is -2.27. The molecule has 0 saturated heterocycles. The van der Waals surface area contributed by atoms with Crippen LogP contribution in [0.1, 0.15) is 35.0 Å². The summed E-state index contributed by atoms with van der Waals surface area (Å²) in [5.74, 6) is 0.0200. The number of H-pyrrole nitrogens is 1. The van der Waals surface area contributed by atoms with E-state index in [1.807, 2.05) is 50.5 Å². The maximum absolute atomic E-state index is 12.8. The second kappa shape index (κ2) is 7.72. The van der Waals surface area contributed by atoms with E-state index in [0.717, 1.165) is 22.5 Å². The molecule has 142 valence electrons. The number of rotatable bonds is 6. The molecule has 28 heavy (non-hydrogen) atoms. The summed E-state index contributed by atoms with van der Waals surface area (Å²) in [6.07, 6.45) is 4.41. The minimum Gasteiger partial charge on any atom is -0.352 e. The third kappa shape index (κ3) is 3.56. The standard InChI is InChI=1S/C23H24N4O/c1-16-21(17(2)26-25-16)15-24-23(28)14-22(27-12-5-6-13-27)20-11-7-9-18-8-3-4-10-19(18)20/h3-13,22H,14-15H2,1-2H3,(H,24,28)(H,25,26)/t22-/m1/s1. The first kappa shape index (κ1) is 18.0. The Balaban J connectivity index is 1.60. The molecule has 5 nitrogen and oxygen atoms in total. The van der Waals surface area contributed by atoms with Crippen molar-refractivity contribution in [1.82, 2.24) is 20.1 Å². The highest BCUT2D eigenvalue weighted by atomic mass is 16.1. The predicted octanol–water partition coefficient (Wildman–Crippen LogP) is 4.28. The number of aromatic nitrogens is 3. The number of carbonyl (C=O) groups excluding carboxylic acids is 1. The zero-order valence-corrected chi connectivity index (χ0v) is 16.1. The minimum atomic E-state index is -0.0624. The summed E-state index contributed by atoms with van der Waals surface area (Å²) in [6, 6.07) is 18.5. The van der Waals surface area contributed by atoms with Crippen molar-refractivity contribution < 1.29 is 4.79 Å². The second-order valence-electron chi connectivity index (χ2n) is 7.11. The van der Waals surface area contributed by atoms with Gasteiger partial charge in [0.1, 0.15) is 0 Å². The lowest BCUT2D eigenvalue weighted by molar-refractivity contribution is -0.121. The molecule has 0 spiro atoms. The number of hydrogen-bond donors (Lipinski definition) is 2. The maximum Gasteiger partial charge on any atom is 0.222 e. The molecule has 5 heteroatoms. The Morgan fingerprint density at radius 1 is 1.07 bits per heavy atom. The first-order chi connectivity index (χ1) is 13.6. The first-order valence-corrected chi connectivity index (χ1v) is 9.50. The van der Waals surface area contributed by atoms with Crippen LogP contribution in [0.4, 0.5) is 0 Å². The molecule has 0 fully saturated rings. The van der Waals surface area contributed by atoms with E-state index in [0.29, 0.717) is 13.0 Å². The van der Waals surface area contributed by atoms with E-state index in [-0.39, 0.29) is 11.9 Å². The molecule has 1 atom stereocenters. The van der Waals surface area contributed by atoms with E-state index < -0.39 is 0 Å². The monoisotopic (exact) mass is 372 g/mol. The molecule has 0 unspecified atom stereocenters. The van der Waals surface area contributed by atoms with Gasteiger partial charge in [0.2, 0.25) is 5.91 Å². The normalized spacial score (nSPS) is 12.2. The summed E-state index contributed by atoms with van der Waals surface area (Å²) in [6.45, 7) is 4.41. The van der Waals surface area contributed by atoms with E-state index in [1.165, 1.54) is 10.8 Å². The van der Waals surface area contributed by atoms with Gasteiger partial charge in [0.05, 0.1) is 18.2 Å². The van der Waals surface area contributed by atoms with Crippen LogP contribution in [0.15, 0.2) is 67.0 Å². The van der Waals surface area contributed by atoms with Gasteiger partial charge in [-0.2, -0.15) is 5.10 Å². The van der Waals surface area contributed by atoms with E-state index in [9.17, 15) is 4.79 Å². The fourth-order valence-electron chi connectivity index (χ4n) is 3.74. The third-order valence-electron chi connectivity index (χ3n) is 5.29. The molecule has 2 N–H and O–H groups in total. The molecular weight excluding hydrogens is 348 g/mol. The topological polar surface area (TPSA) is 62.7 Å². The van der Waals surface area contributed by atoms with E-state index >= 15 is 0 Å². The van der Waals surface area contributed by atoms with Gasteiger partial charge in [0.15, 0.2) is 0 Å². The SMILES string of the molecule is Cc1n[nH]c(C)c1CNC(=O)C[C@H](c1cccc2ccccc12)n1cccc1. The molecule has 4 rings (SSSR count). The fourth-order valence-corrected chi connectivity index (χ4v) is 3.74.